The third-order valence-corrected chi connectivity index (χ3v) is 4.60. The fraction of sp³-hybridized carbons (Fsp3) is 0.100. The first-order chi connectivity index (χ1) is 13.9. The van der Waals surface area contributed by atoms with Crippen molar-refractivity contribution >= 4 is 22.9 Å². The number of aromatic nitrogens is 4. The van der Waals surface area contributed by atoms with E-state index in [1.165, 1.54) is 12.1 Å². The van der Waals surface area contributed by atoms with Gasteiger partial charge in [-0.25, -0.2) is 0 Å². The number of hydrogen-bond acceptors (Lipinski definition) is 6. The largest absolute Gasteiger partial charge is 0.322 e. The lowest BCUT2D eigenvalue weighted by Crippen LogP contribution is -2.14. The van der Waals surface area contributed by atoms with Gasteiger partial charge >= 0.3 is 0 Å². The molecule has 0 spiro atoms. The molecule has 4 rings (SSSR count). The first-order valence-corrected chi connectivity index (χ1v) is 8.79. The van der Waals surface area contributed by atoms with Gasteiger partial charge in [0.1, 0.15) is 0 Å². The van der Waals surface area contributed by atoms with E-state index in [1.807, 2.05) is 31.2 Å². The van der Waals surface area contributed by atoms with Crippen LogP contribution in [0.3, 0.4) is 0 Å². The lowest BCUT2D eigenvalue weighted by Gasteiger charge is -2.09. The smallest absolute Gasteiger partial charge is 0.273 e. The van der Waals surface area contributed by atoms with Gasteiger partial charge in [-0.05, 0) is 44.2 Å². The zero-order valence-electron chi connectivity index (χ0n) is 15.7. The van der Waals surface area contributed by atoms with Crippen molar-refractivity contribution in [3.63, 3.8) is 0 Å². The standard InChI is InChI=1S/C20H16N6O3/c1-12-16(4-3-5-18(12)26(28)29)20(27)21-15-8-6-14(7-9-15)17-10-11-19-23-22-13(2)25(19)24-17/h3-11H,1-2H3,(H,21,27). The van der Waals surface area contributed by atoms with Crippen LogP contribution in [0.25, 0.3) is 16.9 Å². The SMILES string of the molecule is Cc1c(C(=O)Nc2ccc(-c3ccc4nnc(C)n4n3)cc2)cccc1[N+](=O)[O-]. The van der Waals surface area contributed by atoms with Gasteiger partial charge in [-0.2, -0.15) is 9.61 Å². The minimum Gasteiger partial charge on any atom is -0.322 e. The fourth-order valence-corrected chi connectivity index (χ4v) is 3.04. The average molecular weight is 388 g/mol. The van der Waals surface area contributed by atoms with Crippen LogP contribution in [0.2, 0.25) is 0 Å². The first kappa shape index (κ1) is 18.2. The Hall–Kier alpha value is -4.14. The van der Waals surface area contributed by atoms with Crippen LogP contribution in [0.1, 0.15) is 21.7 Å². The molecule has 0 saturated heterocycles. The molecule has 144 valence electrons. The van der Waals surface area contributed by atoms with E-state index < -0.39 is 10.8 Å². The predicted molar refractivity (Wildman–Crippen MR) is 107 cm³/mol. The third kappa shape index (κ3) is 3.41. The number of carbonyl (C=O) groups is 1. The highest BCUT2D eigenvalue weighted by Gasteiger charge is 2.18. The third-order valence-electron chi connectivity index (χ3n) is 4.60. The summed E-state index contributed by atoms with van der Waals surface area (Å²) in [5, 5.41) is 26.4. The van der Waals surface area contributed by atoms with Crippen LogP contribution in [-0.2, 0) is 0 Å². The molecule has 2 aromatic heterocycles. The molecule has 29 heavy (non-hydrogen) atoms. The number of fused-ring (bicyclic) bond motifs is 1. The van der Waals surface area contributed by atoms with Crippen LogP contribution in [0.5, 0.6) is 0 Å². The van der Waals surface area contributed by atoms with Crippen molar-refractivity contribution in [2.45, 2.75) is 13.8 Å². The molecule has 9 heteroatoms. The normalized spacial score (nSPS) is 10.8. The summed E-state index contributed by atoms with van der Waals surface area (Å²) in [6, 6.07) is 15.3. The van der Waals surface area contributed by atoms with Crippen molar-refractivity contribution in [3.8, 4) is 11.3 Å². The molecule has 0 bridgehead atoms. The zero-order chi connectivity index (χ0) is 20.5. The Morgan fingerprint density at radius 3 is 2.52 bits per heavy atom. The minimum atomic E-state index is -0.498. The molecule has 2 aromatic carbocycles. The number of anilines is 1. The molecule has 0 aliphatic heterocycles. The molecule has 0 aliphatic rings. The van der Waals surface area contributed by atoms with Gasteiger partial charge in [0.15, 0.2) is 11.5 Å². The van der Waals surface area contributed by atoms with Gasteiger partial charge in [0.05, 0.1) is 10.6 Å². The van der Waals surface area contributed by atoms with Crippen molar-refractivity contribution in [1.82, 2.24) is 19.8 Å². The van der Waals surface area contributed by atoms with E-state index in [0.29, 0.717) is 22.7 Å². The summed E-state index contributed by atoms with van der Waals surface area (Å²) in [5.41, 5.74) is 3.36. The second-order valence-corrected chi connectivity index (χ2v) is 6.47. The summed E-state index contributed by atoms with van der Waals surface area (Å²) in [5.74, 6) is 0.289. The molecule has 0 saturated carbocycles. The number of hydrogen-bond donors (Lipinski definition) is 1. The summed E-state index contributed by atoms with van der Waals surface area (Å²) in [6.07, 6.45) is 0. The van der Waals surface area contributed by atoms with Crippen LogP contribution < -0.4 is 5.32 Å². The van der Waals surface area contributed by atoms with Gasteiger partial charge in [-0.1, -0.05) is 18.2 Å². The zero-order valence-corrected chi connectivity index (χ0v) is 15.7. The van der Waals surface area contributed by atoms with Gasteiger partial charge in [0.25, 0.3) is 11.6 Å². The van der Waals surface area contributed by atoms with E-state index in [9.17, 15) is 14.9 Å². The van der Waals surface area contributed by atoms with E-state index in [-0.39, 0.29) is 11.3 Å². The van der Waals surface area contributed by atoms with Gasteiger partial charge in [-0.15, -0.1) is 10.2 Å². The quantitative estimate of drug-likeness (QED) is 0.422. The molecule has 1 N–H and O–H groups in total. The average Bonchev–Trinajstić information content (AvgIpc) is 3.08. The van der Waals surface area contributed by atoms with Gasteiger partial charge in [0, 0.05) is 28.4 Å². The summed E-state index contributed by atoms with van der Waals surface area (Å²) in [6.45, 7) is 3.39. The highest BCUT2D eigenvalue weighted by molar-refractivity contribution is 6.05. The predicted octanol–water partition coefficient (Wildman–Crippen LogP) is 3.57. The Morgan fingerprint density at radius 1 is 1.03 bits per heavy atom. The number of benzene rings is 2. The number of amides is 1. The molecule has 0 fully saturated rings. The summed E-state index contributed by atoms with van der Waals surface area (Å²) in [7, 11) is 0. The van der Waals surface area contributed by atoms with Crippen molar-refractivity contribution in [1.29, 1.82) is 0 Å². The Balaban J connectivity index is 1.56. The van der Waals surface area contributed by atoms with E-state index >= 15 is 0 Å². The van der Waals surface area contributed by atoms with Crippen molar-refractivity contribution < 1.29 is 9.72 Å². The second kappa shape index (κ2) is 7.12. The van der Waals surface area contributed by atoms with E-state index in [1.54, 1.807) is 29.6 Å². The lowest BCUT2D eigenvalue weighted by molar-refractivity contribution is -0.385. The molecule has 9 nitrogen and oxygen atoms in total. The monoisotopic (exact) mass is 388 g/mol. The minimum absolute atomic E-state index is 0.0845. The highest BCUT2D eigenvalue weighted by atomic mass is 16.6. The number of aryl methyl sites for hydroxylation is 1. The molecular weight excluding hydrogens is 372 g/mol. The van der Waals surface area contributed by atoms with Crippen molar-refractivity contribution in [2.24, 2.45) is 0 Å². The van der Waals surface area contributed by atoms with E-state index in [4.69, 9.17) is 0 Å². The molecule has 1 amide bonds. The fourth-order valence-electron chi connectivity index (χ4n) is 3.04. The van der Waals surface area contributed by atoms with Crippen LogP contribution in [0.15, 0.2) is 54.6 Å². The molecule has 0 atom stereocenters. The summed E-state index contributed by atoms with van der Waals surface area (Å²) in [4.78, 5) is 23.1. The molecule has 0 radical (unpaired) electrons. The first-order valence-electron chi connectivity index (χ1n) is 8.79. The number of nitro benzene ring substituents is 1. The molecule has 0 aliphatic carbocycles. The van der Waals surface area contributed by atoms with Gasteiger partial charge in [0.2, 0.25) is 0 Å². The lowest BCUT2D eigenvalue weighted by atomic mass is 10.1. The Morgan fingerprint density at radius 2 is 1.79 bits per heavy atom. The molecule has 4 aromatic rings. The van der Waals surface area contributed by atoms with E-state index in [0.717, 1.165) is 11.3 Å². The van der Waals surface area contributed by atoms with Crippen LogP contribution in [-0.4, -0.2) is 30.6 Å². The Labute approximate surface area is 165 Å². The number of nitrogens with one attached hydrogen (secondary N) is 1. The highest BCUT2D eigenvalue weighted by Crippen LogP contribution is 2.23. The maximum Gasteiger partial charge on any atom is 0.273 e. The second-order valence-electron chi connectivity index (χ2n) is 6.47. The molecule has 2 heterocycles. The molecular formula is C20H16N6O3. The Kier molecular flexibility index (Phi) is 4.47. The number of nitrogens with zero attached hydrogens (tertiary/aromatic N) is 5. The Bertz CT molecular complexity index is 1250. The van der Waals surface area contributed by atoms with Crippen molar-refractivity contribution in [3.05, 3.63) is 81.7 Å². The summed E-state index contributed by atoms with van der Waals surface area (Å²) < 4.78 is 1.66. The van der Waals surface area contributed by atoms with Gasteiger partial charge in [-0.3, -0.25) is 14.9 Å². The molecule has 0 unspecified atom stereocenters. The van der Waals surface area contributed by atoms with E-state index in [2.05, 4.69) is 20.6 Å². The van der Waals surface area contributed by atoms with Crippen LogP contribution >= 0.6 is 0 Å². The van der Waals surface area contributed by atoms with Gasteiger partial charge < -0.3 is 5.32 Å². The number of nitro groups is 1. The maximum atomic E-state index is 12.6. The summed E-state index contributed by atoms with van der Waals surface area (Å²) >= 11 is 0. The topological polar surface area (TPSA) is 115 Å². The van der Waals surface area contributed by atoms with Crippen LogP contribution in [0, 0.1) is 24.0 Å². The van der Waals surface area contributed by atoms with Crippen LogP contribution in [0.4, 0.5) is 11.4 Å². The number of rotatable bonds is 4. The maximum absolute atomic E-state index is 12.6. The number of carbonyl (C=O) groups excluding carboxylic acids is 1. The van der Waals surface area contributed by atoms with Crippen molar-refractivity contribution in [2.75, 3.05) is 5.32 Å².